The molecule has 0 radical (unpaired) electrons. The Morgan fingerprint density at radius 3 is 2.67 bits per heavy atom. The Bertz CT molecular complexity index is 369. The molecule has 0 aromatic heterocycles. The first-order chi connectivity index (χ1) is 8.50. The molecule has 4 unspecified atom stereocenters. The van der Waals surface area contributed by atoms with Crippen LogP contribution in [0.4, 0.5) is 0 Å². The topological polar surface area (TPSA) is 46.2 Å². The van der Waals surface area contributed by atoms with Gasteiger partial charge in [0.1, 0.15) is 0 Å². The van der Waals surface area contributed by atoms with Crippen LogP contribution >= 0.6 is 11.8 Å². The third-order valence-corrected chi connectivity index (χ3v) is 7.14. The van der Waals surface area contributed by atoms with E-state index in [-0.39, 0.29) is 11.3 Å². The van der Waals surface area contributed by atoms with Crippen molar-refractivity contribution in [2.24, 2.45) is 0 Å². The number of thioether (sulfide) groups is 1. The molecular formula is C13H25NO2S2. The van der Waals surface area contributed by atoms with Crippen molar-refractivity contribution in [1.82, 2.24) is 5.32 Å². The Labute approximate surface area is 115 Å². The molecule has 0 aromatic carbocycles. The number of sulfone groups is 1. The molecule has 106 valence electrons. The van der Waals surface area contributed by atoms with Crippen LogP contribution in [0.15, 0.2) is 0 Å². The van der Waals surface area contributed by atoms with Crippen molar-refractivity contribution in [3.05, 3.63) is 0 Å². The molecule has 3 nitrogen and oxygen atoms in total. The first kappa shape index (κ1) is 14.7. The van der Waals surface area contributed by atoms with Gasteiger partial charge in [0.05, 0.1) is 5.25 Å². The molecule has 2 fully saturated rings. The maximum Gasteiger partial charge on any atom is 0.151 e. The van der Waals surface area contributed by atoms with E-state index in [2.05, 4.69) is 12.2 Å². The number of rotatable bonds is 5. The standard InChI is InChI=1S/C13H25NO2S2/c1-3-17-11-8-7-10(9-11)14-12-5-4-6-13(12)18(2,15)16/h10-14H,3-9H2,1-2H3. The zero-order valence-electron chi connectivity index (χ0n) is 11.4. The fraction of sp³-hybridized carbons (Fsp3) is 1.00. The summed E-state index contributed by atoms with van der Waals surface area (Å²) in [6.45, 7) is 2.21. The van der Waals surface area contributed by atoms with Crippen LogP contribution in [0.25, 0.3) is 0 Å². The van der Waals surface area contributed by atoms with Crippen LogP contribution < -0.4 is 5.32 Å². The fourth-order valence-corrected chi connectivity index (χ4v) is 5.96. The summed E-state index contributed by atoms with van der Waals surface area (Å²) in [5.41, 5.74) is 0. The predicted molar refractivity (Wildman–Crippen MR) is 79.0 cm³/mol. The minimum Gasteiger partial charge on any atom is -0.310 e. The van der Waals surface area contributed by atoms with E-state index in [1.165, 1.54) is 31.3 Å². The van der Waals surface area contributed by atoms with Gasteiger partial charge < -0.3 is 5.32 Å². The second-order valence-corrected chi connectivity index (χ2v) is 9.50. The molecular weight excluding hydrogens is 266 g/mol. The van der Waals surface area contributed by atoms with Crippen molar-refractivity contribution in [1.29, 1.82) is 0 Å². The van der Waals surface area contributed by atoms with Crippen LogP contribution in [-0.4, -0.2) is 43.0 Å². The highest BCUT2D eigenvalue weighted by atomic mass is 32.2. The Morgan fingerprint density at radius 1 is 1.22 bits per heavy atom. The van der Waals surface area contributed by atoms with Crippen molar-refractivity contribution in [3.63, 3.8) is 0 Å². The van der Waals surface area contributed by atoms with E-state index in [0.717, 1.165) is 24.5 Å². The van der Waals surface area contributed by atoms with Gasteiger partial charge in [-0.1, -0.05) is 13.3 Å². The predicted octanol–water partition coefficient (Wildman–Crippen LogP) is 2.22. The van der Waals surface area contributed by atoms with Gasteiger partial charge >= 0.3 is 0 Å². The largest absolute Gasteiger partial charge is 0.310 e. The zero-order chi connectivity index (χ0) is 13.2. The summed E-state index contributed by atoms with van der Waals surface area (Å²) in [6.07, 6.45) is 8.02. The normalized spacial score (nSPS) is 37.2. The van der Waals surface area contributed by atoms with Gasteiger partial charge in [0.15, 0.2) is 9.84 Å². The SMILES string of the molecule is CCSC1CCC(NC2CCCC2S(C)(=O)=O)C1. The molecule has 0 amide bonds. The molecule has 0 aromatic rings. The summed E-state index contributed by atoms with van der Waals surface area (Å²) in [4.78, 5) is 0. The minimum atomic E-state index is -2.88. The van der Waals surface area contributed by atoms with Crippen molar-refractivity contribution in [3.8, 4) is 0 Å². The Morgan fingerprint density at radius 2 is 2.00 bits per heavy atom. The molecule has 18 heavy (non-hydrogen) atoms. The van der Waals surface area contributed by atoms with Gasteiger partial charge in [0, 0.05) is 23.6 Å². The van der Waals surface area contributed by atoms with Crippen molar-refractivity contribution >= 4 is 21.6 Å². The quantitative estimate of drug-likeness (QED) is 0.843. The van der Waals surface area contributed by atoms with Crippen LogP contribution in [0, 0.1) is 0 Å². The molecule has 2 saturated carbocycles. The van der Waals surface area contributed by atoms with Gasteiger partial charge in [-0.15, -0.1) is 0 Å². The van der Waals surface area contributed by atoms with Crippen LogP contribution in [0.3, 0.4) is 0 Å². The molecule has 2 rings (SSSR count). The van der Waals surface area contributed by atoms with Gasteiger partial charge in [0.25, 0.3) is 0 Å². The van der Waals surface area contributed by atoms with E-state index in [0.29, 0.717) is 6.04 Å². The van der Waals surface area contributed by atoms with Crippen molar-refractivity contribution < 1.29 is 8.42 Å². The molecule has 0 saturated heterocycles. The first-order valence-electron chi connectivity index (χ1n) is 7.07. The lowest BCUT2D eigenvalue weighted by Gasteiger charge is -2.23. The van der Waals surface area contributed by atoms with Gasteiger partial charge in [-0.2, -0.15) is 11.8 Å². The maximum absolute atomic E-state index is 11.7. The van der Waals surface area contributed by atoms with Crippen LogP contribution in [0.5, 0.6) is 0 Å². The van der Waals surface area contributed by atoms with Crippen LogP contribution in [0.1, 0.15) is 45.4 Å². The molecule has 0 bridgehead atoms. The van der Waals surface area contributed by atoms with Gasteiger partial charge in [0.2, 0.25) is 0 Å². The summed E-state index contributed by atoms with van der Waals surface area (Å²) < 4.78 is 23.5. The third kappa shape index (κ3) is 3.64. The highest BCUT2D eigenvalue weighted by Crippen LogP contribution is 2.32. The molecule has 5 heteroatoms. The monoisotopic (exact) mass is 291 g/mol. The first-order valence-corrected chi connectivity index (χ1v) is 10.1. The van der Waals surface area contributed by atoms with E-state index in [1.54, 1.807) is 0 Å². The van der Waals surface area contributed by atoms with Crippen LogP contribution in [-0.2, 0) is 9.84 Å². The van der Waals surface area contributed by atoms with Gasteiger partial charge in [-0.3, -0.25) is 0 Å². The summed E-state index contributed by atoms with van der Waals surface area (Å²) >= 11 is 2.05. The number of hydrogen-bond donors (Lipinski definition) is 1. The van der Waals surface area contributed by atoms with Crippen molar-refractivity contribution in [2.45, 2.75) is 68.0 Å². The zero-order valence-corrected chi connectivity index (χ0v) is 13.0. The summed E-state index contributed by atoms with van der Waals surface area (Å²) in [6, 6.07) is 0.747. The lowest BCUT2D eigenvalue weighted by molar-refractivity contribution is 0.432. The Balaban J connectivity index is 1.86. The minimum absolute atomic E-state index is 0.143. The second-order valence-electron chi connectivity index (χ2n) is 5.66. The summed E-state index contributed by atoms with van der Waals surface area (Å²) in [5.74, 6) is 1.19. The highest BCUT2D eigenvalue weighted by molar-refractivity contribution is 7.99. The maximum atomic E-state index is 11.7. The average molecular weight is 291 g/mol. The van der Waals surface area contributed by atoms with E-state index < -0.39 is 9.84 Å². The molecule has 0 heterocycles. The average Bonchev–Trinajstić information content (AvgIpc) is 2.88. The fourth-order valence-electron chi connectivity index (χ4n) is 3.41. The molecule has 1 N–H and O–H groups in total. The third-order valence-electron chi connectivity index (χ3n) is 4.24. The van der Waals surface area contributed by atoms with Crippen molar-refractivity contribution in [2.75, 3.05) is 12.0 Å². The van der Waals surface area contributed by atoms with E-state index >= 15 is 0 Å². The van der Waals surface area contributed by atoms with E-state index in [4.69, 9.17) is 0 Å². The number of nitrogens with one attached hydrogen (secondary N) is 1. The second kappa shape index (κ2) is 6.14. The smallest absolute Gasteiger partial charge is 0.151 e. The van der Waals surface area contributed by atoms with Gasteiger partial charge in [-0.05, 0) is 37.9 Å². The van der Waals surface area contributed by atoms with E-state index in [1.807, 2.05) is 11.8 Å². The molecule has 2 aliphatic rings. The lowest BCUT2D eigenvalue weighted by Crippen LogP contribution is -2.44. The molecule has 0 aliphatic heterocycles. The molecule has 0 spiro atoms. The van der Waals surface area contributed by atoms with E-state index in [9.17, 15) is 8.42 Å². The van der Waals surface area contributed by atoms with Gasteiger partial charge in [-0.25, -0.2) is 8.42 Å². The number of hydrogen-bond acceptors (Lipinski definition) is 4. The lowest BCUT2D eigenvalue weighted by atomic mass is 10.2. The molecule has 2 aliphatic carbocycles. The summed E-state index contributed by atoms with van der Waals surface area (Å²) in [5, 5.41) is 4.27. The Hall–Kier alpha value is 0.260. The highest BCUT2D eigenvalue weighted by Gasteiger charge is 2.37. The summed E-state index contributed by atoms with van der Waals surface area (Å²) in [7, 11) is -2.88. The Kier molecular flexibility index (Phi) is 5.00. The van der Waals surface area contributed by atoms with Crippen LogP contribution in [0.2, 0.25) is 0 Å². The molecule has 4 atom stereocenters.